The van der Waals surface area contributed by atoms with Crippen LogP contribution in [0, 0.1) is 13.8 Å². The second-order valence-corrected chi connectivity index (χ2v) is 6.09. The Labute approximate surface area is 146 Å². The number of methoxy groups -OCH3 is 1. The van der Waals surface area contributed by atoms with Gasteiger partial charge in [-0.2, -0.15) is 5.10 Å². The van der Waals surface area contributed by atoms with Gasteiger partial charge in [-0.05, 0) is 37.6 Å². The lowest BCUT2D eigenvalue weighted by molar-refractivity contribution is 0.415. The molecule has 0 N–H and O–H groups in total. The van der Waals surface area contributed by atoms with Gasteiger partial charge in [0.1, 0.15) is 11.4 Å². The molecule has 0 radical (unpaired) electrons. The highest BCUT2D eigenvalue weighted by molar-refractivity contribution is 5.90. The van der Waals surface area contributed by atoms with Crippen molar-refractivity contribution in [2.45, 2.75) is 13.8 Å². The molecule has 4 nitrogen and oxygen atoms in total. The lowest BCUT2D eigenvalue weighted by Crippen LogP contribution is -1.97. The Morgan fingerprint density at radius 2 is 1.60 bits per heavy atom. The summed E-state index contributed by atoms with van der Waals surface area (Å²) in [5, 5.41) is 4.87. The molecule has 4 aromatic rings. The topological polar surface area (TPSA) is 39.4 Å². The fourth-order valence-electron chi connectivity index (χ4n) is 3.14. The molecule has 0 aliphatic carbocycles. The van der Waals surface area contributed by atoms with Crippen molar-refractivity contribution in [2.24, 2.45) is 0 Å². The van der Waals surface area contributed by atoms with Gasteiger partial charge >= 0.3 is 0 Å². The molecule has 0 atom stereocenters. The Bertz CT molecular complexity index is 1030. The third-order valence-corrected chi connectivity index (χ3v) is 4.32. The van der Waals surface area contributed by atoms with Gasteiger partial charge in [0.25, 0.3) is 0 Å². The molecule has 2 aromatic heterocycles. The second-order valence-electron chi connectivity index (χ2n) is 6.09. The number of aromatic nitrogens is 3. The number of hydrogen-bond acceptors (Lipinski definition) is 3. The summed E-state index contributed by atoms with van der Waals surface area (Å²) < 4.78 is 7.22. The molecule has 0 fully saturated rings. The van der Waals surface area contributed by atoms with Crippen LogP contribution in [-0.2, 0) is 0 Å². The van der Waals surface area contributed by atoms with Crippen LogP contribution >= 0.6 is 0 Å². The summed E-state index contributed by atoms with van der Waals surface area (Å²) in [4.78, 5) is 4.77. The zero-order valence-electron chi connectivity index (χ0n) is 14.5. The lowest BCUT2D eigenvalue weighted by Gasteiger charge is -2.06. The summed E-state index contributed by atoms with van der Waals surface area (Å²) in [5.74, 6) is 0.835. The fraction of sp³-hybridized carbons (Fsp3) is 0.143. The number of benzene rings is 2. The van der Waals surface area contributed by atoms with Crippen molar-refractivity contribution >= 4 is 5.65 Å². The molecule has 25 heavy (non-hydrogen) atoms. The molecule has 2 heterocycles. The van der Waals surface area contributed by atoms with Gasteiger partial charge < -0.3 is 4.74 Å². The van der Waals surface area contributed by atoms with Crippen LogP contribution in [0.1, 0.15) is 11.4 Å². The Balaban J connectivity index is 2.05. The number of ether oxygens (including phenoxy) is 1. The predicted octanol–water partition coefficient (Wildman–Crippen LogP) is 4.69. The number of rotatable bonds is 3. The van der Waals surface area contributed by atoms with Gasteiger partial charge in [-0.15, -0.1) is 0 Å². The van der Waals surface area contributed by atoms with Gasteiger partial charge in [-0.3, -0.25) is 0 Å². The molecule has 0 unspecified atom stereocenters. The molecule has 4 heteroatoms. The molecule has 0 spiro atoms. The van der Waals surface area contributed by atoms with Crippen molar-refractivity contribution in [1.29, 1.82) is 0 Å². The summed E-state index contributed by atoms with van der Waals surface area (Å²) >= 11 is 0. The van der Waals surface area contributed by atoms with E-state index < -0.39 is 0 Å². The Morgan fingerprint density at radius 3 is 2.28 bits per heavy atom. The van der Waals surface area contributed by atoms with E-state index in [0.717, 1.165) is 45.2 Å². The minimum atomic E-state index is 0.835. The zero-order chi connectivity index (χ0) is 17.4. The summed E-state index contributed by atoms with van der Waals surface area (Å²) in [6.45, 7) is 4.07. The van der Waals surface area contributed by atoms with Crippen molar-refractivity contribution in [1.82, 2.24) is 14.6 Å². The standard InChI is InChI=1S/C21H19N3O/c1-14-13-15(2)24-21(22-14)19(16-9-11-18(25-3)12-10-16)20(23-24)17-7-5-4-6-8-17/h4-13H,1-3H3. The van der Waals surface area contributed by atoms with E-state index in [1.54, 1.807) is 7.11 Å². The largest absolute Gasteiger partial charge is 0.497 e. The first-order valence-electron chi connectivity index (χ1n) is 8.24. The van der Waals surface area contributed by atoms with Crippen molar-refractivity contribution in [3.8, 4) is 28.1 Å². The quantitative estimate of drug-likeness (QED) is 0.547. The normalized spacial score (nSPS) is 11.0. The number of nitrogens with zero attached hydrogens (tertiary/aromatic N) is 3. The van der Waals surface area contributed by atoms with Gasteiger partial charge in [0, 0.05) is 17.0 Å². The van der Waals surface area contributed by atoms with E-state index in [4.69, 9.17) is 14.8 Å². The first-order chi connectivity index (χ1) is 12.2. The average molecular weight is 329 g/mol. The summed E-state index contributed by atoms with van der Waals surface area (Å²) in [6.07, 6.45) is 0. The van der Waals surface area contributed by atoms with Crippen LogP contribution in [0.4, 0.5) is 0 Å². The van der Waals surface area contributed by atoms with Crippen molar-refractivity contribution in [3.05, 3.63) is 72.1 Å². The predicted molar refractivity (Wildman–Crippen MR) is 99.9 cm³/mol. The van der Waals surface area contributed by atoms with Crippen molar-refractivity contribution < 1.29 is 4.74 Å². The number of fused-ring (bicyclic) bond motifs is 1. The SMILES string of the molecule is COc1ccc(-c2c(-c3ccccc3)nn3c(C)cc(C)nc23)cc1. The maximum absolute atomic E-state index is 5.29. The van der Waals surface area contributed by atoms with Gasteiger partial charge in [0.2, 0.25) is 0 Å². The minimum absolute atomic E-state index is 0.835. The summed E-state index contributed by atoms with van der Waals surface area (Å²) in [7, 11) is 1.67. The molecular weight excluding hydrogens is 310 g/mol. The fourth-order valence-corrected chi connectivity index (χ4v) is 3.14. The average Bonchev–Trinajstić information content (AvgIpc) is 3.02. The first kappa shape index (κ1) is 15.4. The highest BCUT2D eigenvalue weighted by Gasteiger charge is 2.18. The second kappa shape index (κ2) is 6.06. The van der Waals surface area contributed by atoms with Gasteiger partial charge in [0.15, 0.2) is 5.65 Å². The molecule has 0 saturated carbocycles. The van der Waals surface area contributed by atoms with Crippen molar-refractivity contribution in [2.75, 3.05) is 7.11 Å². The Kier molecular flexibility index (Phi) is 3.73. The monoisotopic (exact) mass is 329 g/mol. The van der Waals surface area contributed by atoms with E-state index in [2.05, 4.69) is 31.2 Å². The molecule has 4 rings (SSSR count). The van der Waals surface area contributed by atoms with E-state index in [1.807, 2.05) is 47.8 Å². The van der Waals surface area contributed by atoms with Crippen LogP contribution < -0.4 is 4.74 Å². The third-order valence-electron chi connectivity index (χ3n) is 4.32. The molecule has 0 bridgehead atoms. The van der Waals surface area contributed by atoms with Gasteiger partial charge in [-0.25, -0.2) is 9.50 Å². The Morgan fingerprint density at radius 1 is 0.880 bits per heavy atom. The number of aryl methyl sites for hydroxylation is 2. The summed E-state index contributed by atoms with van der Waals surface area (Å²) in [5.41, 5.74) is 7.07. The van der Waals surface area contributed by atoms with E-state index >= 15 is 0 Å². The molecule has 0 amide bonds. The molecule has 0 aliphatic rings. The lowest BCUT2D eigenvalue weighted by atomic mass is 10.0. The first-order valence-corrected chi connectivity index (χ1v) is 8.24. The van der Waals surface area contributed by atoms with Crippen LogP contribution in [0.5, 0.6) is 5.75 Å². The molecule has 124 valence electrons. The third kappa shape index (κ3) is 2.66. The molecule has 0 aliphatic heterocycles. The Hall–Kier alpha value is -3.14. The zero-order valence-corrected chi connectivity index (χ0v) is 14.5. The van der Waals surface area contributed by atoms with E-state index in [9.17, 15) is 0 Å². The van der Waals surface area contributed by atoms with Crippen LogP contribution in [0.2, 0.25) is 0 Å². The maximum atomic E-state index is 5.29. The summed E-state index contributed by atoms with van der Waals surface area (Å²) in [6, 6.07) is 20.3. The molecule has 2 aromatic carbocycles. The van der Waals surface area contributed by atoms with Crippen LogP contribution in [0.15, 0.2) is 60.7 Å². The van der Waals surface area contributed by atoms with Crippen molar-refractivity contribution in [3.63, 3.8) is 0 Å². The van der Waals surface area contributed by atoms with E-state index in [1.165, 1.54) is 0 Å². The van der Waals surface area contributed by atoms with Crippen LogP contribution in [0.25, 0.3) is 28.0 Å². The molecule has 0 saturated heterocycles. The highest BCUT2D eigenvalue weighted by Crippen LogP contribution is 2.35. The van der Waals surface area contributed by atoms with Gasteiger partial charge in [0.05, 0.1) is 12.7 Å². The maximum Gasteiger partial charge on any atom is 0.164 e. The van der Waals surface area contributed by atoms with Crippen LogP contribution in [0.3, 0.4) is 0 Å². The highest BCUT2D eigenvalue weighted by atomic mass is 16.5. The van der Waals surface area contributed by atoms with Gasteiger partial charge in [-0.1, -0.05) is 42.5 Å². The smallest absolute Gasteiger partial charge is 0.164 e. The minimum Gasteiger partial charge on any atom is -0.497 e. The van der Waals surface area contributed by atoms with E-state index in [-0.39, 0.29) is 0 Å². The molecular formula is C21H19N3O. The number of hydrogen-bond donors (Lipinski definition) is 0. The van der Waals surface area contributed by atoms with E-state index in [0.29, 0.717) is 0 Å². The van der Waals surface area contributed by atoms with Crippen LogP contribution in [-0.4, -0.2) is 21.7 Å².